The summed E-state index contributed by atoms with van der Waals surface area (Å²) in [4.78, 5) is 0. The Labute approximate surface area is 116 Å². The molecule has 3 rings (SSSR count). The quantitative estimate of drug-likeness (QED) is 0.778. The average molecular weight is 277 g/mol. The van der Waals surface area contributed by atoms with Gasteiger partial charge in [-0.1, -0.05) is 29.8 Å². The Kier molecular flexibility index (Phi) is 3.07. The number of hydroxylamine groups is 1. The van der Waals surface area contributed by atoms with E-state index in [1.54, 1.807) is 18.2 Å². The van der Waals surface area contributed by atoms with Gasteiger partial charge >= 0.3 is 0 Å². The fourth-order valence-corrected chi connectivity index (χ4v) is 2.84. The fraction of sp³-hybridized carbons (Fsp3) is 0.200. The van der Waals surface area contributed by atoms with Crippen molar-refractivity contribution in [2.75, 3.05) is 6.54 Å². The second-order valence-corrected chi connectivity index (χ2v) is 5.27. The Bertz CT molecular complexity index is 602. The smallest absolute Gasteiger partial charge is 0.176 e. The maximum absolute atomic E-state index is 11.0. The van der Waals surface area contributed by atoms with E-state index in [1.807, 2.05) is 30.3 Å². The van der Waals surface area contributed by atoms with E-state index >= 15 is 0 Å². The molecule has 98 valence electrons. The lowest BCUT2D eigenvalue weighted by molar-refractivity contribution is -0.0453. The number of fused-ring (bicyclic) bond motifs is 1. The number of aliphatic hydroxyl groups is 1. The lowest BCUT2D eigenvalue weighted by Crippen LogP contribution is -2.45. The number of nitrogens with zero attached hydrogens (tertiary/aromatic N) is 1. The van der Waals surface area contributed by atoms with Crippen LogP contribution in [0, 0.1) is 0 Å². The van der Waals surface area contributed by atoms with Crippen molar-refractivity contribution >= 4 is 23.0 Å². The Hall–Kier alpha value is -1.39. The van der Waals surface area contributed by atoms with Gasteiger partial charge in [-0.2, -0.15) is 0 Å². The van der Waals surface area contributed by atoms with Crippen LogP contribution in [0.5, 0.6) is 0 Å². The summed E-state index contributed by atoms with van der Waals surface area (Å²) in [5.74, 6) is 0. The van der Waals surface area contributed by atoms with Crippen LogP contribution in [0.15, 0.2) is 48.5 Å². The van der Waals surface area contributed by atoms with Gasteiger partial charge in [0.25, 0.3) is 0 Å². The van der Waals surface area contributed by atoms with Crippen molar-refractivity contribution in [2.24, 2.45) is 0 Å². The maximum Gasteiger partial charge on any atom is 0.176 e. The minimum atomic E-state index is -0.573. The predicted molar refractivity (Wildman–Crippen MR) is 75.6 cm³/mol. The minimum absolute atomic E-state index is 0.287. The molecule has 3 nitrogen and oxygen atoms in total. The number of para-hydroxylation sites is 1. The van der Waals surface area contributed by atoms with Gasteiger partial charge in [0, 0.05) is 35.2 Å². The predicted octanol–water partition coefficient (Wildman–Crippen LogP) is 3.81. The van der Waals surface area contributed by atoms with Crippen molar-refractivity contribution < 1.29 is 10.3 Å². The van der Waals surface area contributed by atoms with Crippen molar-refractivity contribution in [3.8, 4) is 0 Å². The van der Waals surface area contributed by atoms with Crippen molar-refractivity contribution in [2.45, 2.75) is 12.5 Å². The summed E-state index contributed by atoms with van der Waals surface area (Å²) < 4.78 is -0.287. The molecule has 0 bridgehead atoms. The number of benzene rings is 2. The van der Waals surface area contributed by atoms with Gasteiger partial charge in [-0.05, 0) is 12.1 Å². The molecule has 2 unspecified atom stereocenters. The second-order valence-electron chi connectivity index (χ2n) is 4.84. The highest BCUT2D eigenvalue weighted by Gasteiger charge is 2.40. The monoisotopic (exact) mass is 276 g/mol. The van der Waals surface area contributed by atoms with E-state index < -0.39 is 6.10 Å². The highest BCUT2D eigenvalue weighted by molar-refractivity contribution is 6.30. The molecule has 1 aliphatic rings. The molecule has 19 heavy (non-hydrogen) atoms. The highest BCUT2D eigenvalue weighted by Crippen LogP contribution is 2.43. The zero-order chi connectivity index (χ0) is 13.5. The van der Waals surface area contributed by atoms with Crippen LogP contribution in [0.25, 0.3) is 0 Å². The fourth-order valence-electron chi connectivity index (χ4n) is 2.66. The van der Waals surface area contributed by atoms with E-state index in [2.05, 4.69) is 0 Å². The number of quaternary nitrogens is 1. The molecule has 0 radical (unpaired) electrons. The first kappa shape index (κ1) is 12.6. The second kappa shape index (κ2) is 4.62. The molecule has 2 N–H and O–H groups in total. The van der Waals surface area contributed by atoms with Gasteiger partial charge in [0.1, 0.15) is 6.54 Å². The van der Waals surface area contributed by atoms with E-state index in [0.717, 1.165) is 5.69 Å². The zero-order valence-corrected chi connectivity index (χ0v) is 11.1. The molecule has 1 heterocycles. The van der Waals surface area contributed by atoms with Crippen LogP contribution in [-0.4, -0.2) is 16.9 Å². The summed E-state index contributed by atoms with van der Waals surface area (Å²) in [5, 5.41) is 21.6. The topological polar surface area (TPSA) is 40.5 Å². The molecule has 0 aliphatic carbocycles. The van der Waals surface area contributed by atoms with Crippen molar-refractivity contribution in [1.29, 1.82) is 0 Å². The number of hydrogen-bond acceptors (Lipinski definition) is 2. The summed E-state index contributed by atoms with van der Waals surface area (Å²) in [7, 11) is 0. The number of aliphatic hydroxyl groups excluding tert-OH is 1. The van der Waals surface area contributed by atoms with Gasteiger partial charge in [0.05, 0.1) is 6.10 Å². The third-order valence-corrected chi connectivity index (χ3v) is 3.89. The third kappa shape index (κ3) is 2.05. The van der Waals surface area contributed by atoms with E-state index in [-0.39, 0.29) is 4.65 Å². The SMILES string of the molecule is OC1CC[N+](O)(c2ccccc2)c2ccc(Cl)cc21. The first-order valence-corrected chi connectivity index (χ1v) is 6.63. The van der Waals surface area contributed by atoms with Crippen LogP contribution in [0.1, 0.15) is 18.1 Å². The summed E-state index contributed by atoms with van der Waals surface area (Å²) >= 11 is 5.98. The standard InChI is InChI=1S/C15H15ClNO2/c16-11-6-7-14-13(10-11)15(18)8-9-17(14,19)12-4-2-1-3-5-12/h1-7,10,15,18-19H,8-9H2/q+1. The van der Waals surface area contributed by atoms with E-state index in [4.69, 9.17) is 11.6 Å². The lowest BCUT2D eigenvalue weighted by atomic mass is 9.97. The van der Waals surface area contributed by atoms with Crippen LogP contribution >= 0.6 is 11.6 Å². The first-order valence-electron chi connectivity index (χ1n) is 6.26. The average Bonchev–Trinajstić information content (AvgIpc) is 2.44. The largest absolute Gasteiger partial charge is 0.388 e. The van der Waals surface area contributed by atoms with Gasteiger partial charge in [-0.3, -0.25) is 0 Å². The minimum Gasteiger partial charge on any atom is -0.388 e. The summed E-state index contributed by atoms with van der Waals surface area (Å²) in [6.07, 6.45) is -0.0746. The lowest BCUT2D eigenvalue weighted by Gasteiger charge is -2.35. The van der Waals surface area contributed by atoms with Crippen LogP contribution < -0.4 is 4.65 Å². The van der Waals surface area contributed by atoms with Crippen LogP contribution in [-0.2, 0) is 0 Å². The van der Waals surface area contributed by atoms with E-state index in [0.29, 0.717) is 29.2 Å². The third-order valence-electron chi connectivity index (χ3n) is 3.66. The molecule has 2 aromatic rings. The molecule has 4 heteroatoms. The van der Waals surface area contributed by atoms with Gasteiger partial charge in [-0.15, -0.1) is 4.65 Å². The Balaban J connectivity index is 2.18. The summed E-state index contributed by atoms with van der Waals surface area (Å²) in [5.41, 5.74) is 2.18. The van der Waals surface area contributed by atoms with E-state index in [1.165, 1.54) is 0 Å². The molecule has 0 aromatic heterocycles. The van der Waals surface area contributed by atoms with Crippen LogP contribution in [0.4, 0.5) is 11.4 Å². The molecule has 2 aromatic carbocycles. The number of halogens is 1. The Morgan fingerprint density at radius 1 is 1.11 bits per heavy atom. The Morgan fingerprint density at radius 3 is 2.58 bits per heavy atom. The van der Waals surface area contributed by atoms with E-state index in [9.17, 15) is 10.3 Å². The molecule has 0 spiro atoms. The molecule has 0 fully saturated rings. The molecule has 1 aliphatic heterocycles. The highest BCUT2D eigenvalue weighted by atomic mass is 35.5. The molecule has 0 amide bonds. The van der Waals surface area contributed by atoms with Crippen molar-refractivity contribution in [3.05, 3.63) is 59.1 Å². The van der Waals surface area contributed by atoms with Crippen molar-refractivity contribution in [3.63, 3.8) is 0 Å². The number of hydrogen-bond donors (Lipinski definition) is 2. The normalized spacial score (nSPS) is 25.9. The first-order chi connectivity index (χ1) is 9.11. The van der Waals surface area contributed by atoms with Gasteiger partial charge in [-0.25, -0.2) is 5.21 Å². The summed E-state index contributed by atoms with van der Waals surface area (Å²) in [6.45, 7) is 0.444. The zero-order valence-electron chi connectivity index (χ0n) is 10.3. The molecular formula is C15H15ClNO2+. The van der Waals surface area contributed by atoms with Crippen LogP contribution in [0.3, 0.4) is 0 Å². The molecule has 2 atom stereocenters. The van der Waals surface area contributed by atoms with Gasteiger partial charge in [0.2, 0.25) is 0 Å². The van der Waals surface area contributed by atoms with Gasteiger partial charge in [0.15, 0.2) is 11.4 Å². The molecule has 0 saturated carbocycles. The molecular weight excluding hydrogens is 262 g/mol. The van der Waals surface area contributed by atoms with Gasteiger partial charge < -0.3 is 5.11 Å². The Morgan fingerprint density at radius 2 is 1.84 bits per heavy atom. The van der Waals surface area contributed by atoms with Crippen molar-refractivity contribution in [1.82, 2.24) is 4.65 Å². The maximum atomic E-state index is 11.0. The molecule has 0 saturated heterocycles. The summed E-state index contributed by atoms with van der Waals surface area (Å²) in [6, 6.07) is 14.7. The number of rotatable bonds is 1. The van der Waals surface area contributed by atoms with Crippen LogP contribution in [0.2, 0.25) is 5.02 Å².